The van der Waals surface area contributed by atoms with Crippen LogP contribution in [0.1, 0.15) is 44.0 Å². The Hall–Kier alpha value is -2.15. The standard InChI is InChI=1S/C18H23ClN2O5/c1-18(2,3)26-17(23)21-6-4-12(5-7-21)20-16(22)11-8-13(19)15-14(9-11)24-10-25-15/h8-9,12H,4-7,10H2,1-3H3,(H,20,22). The SMILES string of the molecule is CC(C)(C)OC(=O)N1CCC(NC(=O)c2cc(Cl)c3c(c2)OCO3)CC1. The molecular formula is C18H23ClN2O5. The number of carbonyl (C=O) groups excluding carboxylic acids is 2. The van der Waals surface area contributed by atoms with Gasteiger partial charge in [-0.1, -0.05) is 11.6 Å². The van der Waals surface area contributed by atoms with E-state index in [-0.39, 0.29) is 24.8 Å². The molecule has 0 aliphatic carbocycles. The number of halogens is 1. The number of carbonyl (C=O) groups is 2. The van der Waals surface area contributed by atoms with Crippen LogP contribution in [0.4, 0.5) is 4.79 Å². The Morgan fingerprint density at radius 2 is 1.92 bits per heavy atom. The second kappa shape index (κ2) is 7.23. The molecule has 8 heteroatoms. The van der Waals surface area contributed by atoms with Crippen molar-refractivity contribution in [2.24, 2.45) is 0 Å². The van der Waals surface area contributed by atoms with E-state index in [0.29, 0.717) is 48.0 Å². The lowest BCUT2D eigenvalue weighted by Crippen LogP contribution is -2.47. The quantitative estimate of drug-likeness (QED) is 0.849. The number of nitrogens with one attached hydrogen (secondary N) is 1. The van der Waals surface area contributed by atoms with Crippen LogP contribution in [0.5, 0.6) is 11.5 Å². The van der Waals surface area contributed by atoms with E-state index in [2.05, 4.69) is 5.32 Å². The van der Waals surface area contributed by atoms with Crippen molar-refractivity contribution in [1.82, 2.24) is 10.2 Å². The maximum atomic E-state index is 12.5. The fraction of sp³-hybridized carbons (Fsp3) is 0.556. The number of rotatable bonds is 2. The zero-order chi connectivity index (χ0) is 18.9. The molecule has 0 spiro atoms. The average Bonchev–Trinajstić information content (AvgIpc) is 3.03. The third-order valence-corrected chi connectivity index (χ3v) is 4.45. The van der Waals surface area contributed by atoms with E-state index >= 15 is 0 Å². The minimum atomic E-state index is -0.513. The summed E-state index contributed by atoms with van der Waals surface area (Å²) >= 11 is 6.13. The van der Waals surface area contributed by atoms with Crippen LogP contribution in [0.25, 0.3) is 0 Å². The molecule has 1 N–H and O–H groups in total. The summed E-state index contributed by atoms with van der Waals surface area (Å²) in [6, 6.07) is 3.19. The van der Waals surface area contributed by atoms with Crippen molar-refractivity contribution in [3.05, 3.63) is 22.7 Å². The topological polar surface area (TPSA) is 77.1 Å². The molecule has 2 heterocycles. The van der Waals surface area contributed by atoms with E-state index in [1.807, 2.05) is 20.8 Å². The predicted molar refractivity (Wildman–Crippen MR) is 95.9 cm³/mol. The molecule has 2 amide bonds. The first-order chi connectivity index (χ1) is 12.2. The van der Waals surface area contributed by atoms with Gasteiger partial charge >= 0.3 is 6.09 Å². The summed E-state index contributed by atoms with van der Waals surface area (Å²) in [5.74, 6) is 0.720. The summed E-state index contributed by atoms with van der Waals surface area (Å²) in [6.07, 6.45) is 1.02. The maximum Gasteiger partial charge on any atom is 0.410 e. The molecule has 26 heavy (non-hydrogen) atoms. The molecule has 0 saturated carbocycles. The highest BCUT2D eigenvalue weighted by Crippen LogP contribution is 2.39. The summed E-state index contributed by atoms with van der Waals surface area (Å²) in [5, 5.41) is 3.34. The largest absolute Gasteiger partial charge is 0.454 e. The van der Waals surface area contributed by atoms with Gasteiger partial charge in [0, 0.05) is 24.7 Å². The van der Waals surface area contributed by atoms with Crippen molar-refractivity contribution in [3.8, 4) is 11.5 Å². The minimum absolute atomic E-state index is 0.00890. The van der Waals surface area contributed by atoms with Gasteiger partial charge in [-0.15, -0.1) is 0 Å². The van der Waals surface area contributed by atoms with Gasteiger partial charge in [-0.25, -0.2) is 4.79 Å². The number of hydrogen-bond donors (Lipinski definition) is 1. The zero-order valence-corrected chi connectivity index (χ0v) is 15.9. The Morgan fingerprint density at radius 1 is 1.23 bits per heavy atom. The number of nitrogens with zero attached hydrogens (tertiary/aromatic N) is 1. The fourth-order valence-electron chi connectivity index (χ4n) is 2.90. The molecule has 1 fully saturated rings. The molecule has 2 aliphatic heterocycles. The molecule has 0 bridgehead atoms. The van der Waals surface area contributed by atoms with Crippen LogP contribution in [0.3, 0.4) is 0 Å². The molecule has 0 radical (unpaired) electrons. The highest BCUT2D eigenvalue weighted by Gasteiger charge is 2.28. The molecule has 0 atom stereocenters. The molecule has 142 valence electrons. The first-order valence-corrected chi connectivity index (χ1v) is 8.98. The van der Waals surface area contributed by atoms with Gasteiger partial charge < -0.3 is 24.4 Å². The second-order valence-electron chi connectivity index (χ2n) is 7.41. The number of ether oxygens (including phenoxy) is 3. The van der Waals surface area contributed by atoms with Gasteiger partial charge in [-0.3, -0.25) is 4.79 Å². The molecule has 0 unspecified atom stereocenters. The molecule has 1 saturated heterocycles. The normalized spacial score (nSPS) is 17.2. The molecule has 1 aromatic rings. The lowest BCUT2D eigenvalue weighted by atomic mass is 10.0. The van der Waals surface area contributed by atoms with Crippen LogP contribution >= 0.6 is 11.6 Å². The monoisotopic (exact) mass is 382 g/mol. The Kier molecular flexibility index (Phi) is 5.18. The Balaban J connectivity index is 1.54. The maximum absolute atomic E-state index is 12.5. The first-order valence-electron chi connectivity index (χ1n) is 8.61. The van der Waals surface area contributed by atoms with E-state index < -0.39 is 5.60 Å². The Labute approximate surface area is 157 Å². The van der Waals surface area contributed by atoms with E-state index in [1.165, 1.54) is 0 Å². The van der Waals surface area contributed by atoms with Crippen LogP contribution in [-0.2, 0) is 4.74 Å². The van der Waals surface area contributed by atoms with Crippen molar-refractivity contribution in [2.75, 3.05) is 19.9 Å². The second-order valence-corrected chi connectivity index (χ2v) is 7.81. The predicted octanol–water partition coefficient (Wildman–Crippen LogP) is 3.20. The highest BCUT2D eigenvalue weighted by molar-refractivity contribution is 6.32. The van der Waals surface area contributed by atoms with Gasteiger partial charge in [0.25, 0.3) is 5.91 Å². The van der Waals surface area contributed by atoms with Crippen LogP contribution in [-0.4, -0.2) is 48.4 Å². The first kappa shape index (κ1) is 18.6. The van der Waals surface area contributed by atoms with Crippen LogP contribution in [0.15, 0.2) is 12.1 Å². The summed E-state index contributed by atoms with van der Waals surface area (Å²) in [6.45, 7) is 6.71. The van der Waals surface area contributed by atoms with Gasteiger partial charge in [0.15, 0.2) is 11.5 Å². The number of likely N-dealkylation sites (tertiary alicyclic amines) is 1. The van der Waals surface area contributed by atoms with E-state index in [1.54, 1.807) is 17.0 Å². The summed E-state index contributed by atoms with van der Waals surface area (Å²) in [4.78, 5) is 26.3. The smallest absolute Gasteiger partial charge is 0.410 e. The highest BCUT2D eigenvalue weighted by atomic mass is 35.5. The van der Waals surface area contributed by atoms with Crippen molar-refractivity contribution in [3.63, 3.8) is 0 Å². The van der Waals surface area contributed by atoms with Crippen LogP contribution in [0.2, 0.25) is 5.02 Å². The molecule has 0 aromatic heterocycles. The number of amides is 2. The zero-order valence-electron chi connectivity index (χ0n) is 15.1. The lowest BCUT2D eigenvalue weighted by molar-refractivity contribution is 0.0199. The van der Waals surface area contributed by atoms with Crippen LogP contribution < -0.4 is 14.8 Å². The van der Waals surface area contributed by atoms with Gasteiger partial charge in [0.1, 0.15) is 5.60 Å². The van der Waals surface area contributed by atoms with Crippen molar-refractivity contribution in [2.45, 2.75) is 45.3 Å². The van der Waals surface area contributed by atoms with Gasteiger partial charge in [0.2, 0.25) is 6.79 Å². The third kappa shape index (κ3) is 4.33. The van der Waals surface area contributed by atoms with Crippen molar-refractivity contribution < 1.29 is 23.8 Å². The number of fused-ring (bicyclic) bond motifs is 1. The average molecular weight is 383 g/mol. The summed E-state index contributed by atoms with van der Waals surface area (Å²) in [5.41, 5.74) is -0.0883. The van der Waals surface area contributed by atoms with Crippen molar-refractivity contribution in [1.29, 1.82) is 0 Å². The minimum Gasteiger partial charge on any atom is -0.454 e. The number of benzene rings is 1. The Bertz CT molecular complexity index is 708. The summed E-state index contributed by atoms with van der Waals surface area (Å²) < 4.78 is 15.9. The molecule has 3 rings (SSSR count). The fourth-order valence-corrected chi connectivity index (χ4v) is 3.17. The number of hydrogen-bond acceptors (Lipinski definition) is 5. The molecular weight excluding hydrogens is 360 g/mol. The van der Waals surface area contributed by atoms with E-state index in [4.69, 9.17) is 25.8 Å². The van der Waals surface area contributed by atoms with Gasteiger partial charge in [-0.2, -0.15) is 0 Å². The molecule has 2 aliphatic rings. The molecule has 1 aromatic carbocycles. The lowest BCUT2D eigenvalue weighted by Gasteiger charge is -2.33. The van der Waals surface area contributed by atoms with Gasteiger partial charge in [-0.05, 0) is 45.7 Å². The van der Waals surface area contributed by atoms with E-state index in [9.17, 15) is 9.59 Å². The van der Waals surface area contributed by atoms with Crippen LogP contribution in [0, 0.1) is 0 Å². The molecule has 7 nitrogen and oxygen atoms in total. The van der Waals surface area contributed by atoms with Crippen molar-refractivity contribution >= 4 is 23.6 Å². The van der Waals surface area contributed by atoms with E-state index in [0.717, 1.165) is 0 Å². The number of piperidine rings is 1. The summed E-state index contributed by atoms with van der Waals surface area (Å²) in [7, 11) is 0. The Morgan fingerprint density at radius 3 is 2.58 bits per heavy atom. The van der Waals surface area contributed by atoms with Gasteiger partial charge in [0.05, 0.1) is 5.02 Å². The third-order valence-electron chi connectivity index (χ3n) is 4.17.